The van der Waals surface area contributed by atoms with Crippen LogP contribution in [0.3, 0.4) is 0 Å². The summed E-state index contributed by atoms with van der Waals surface area (Å²) in [6.45, 7) is 4.40. The van der Waals surface area contributed by atoms with Crippen molar-refractivity contribution in [3.8, 4) is 0 Å². The summed E-state index contributed by atoms with van der Waals surface area (Å²) in [5.74, 6) is 1.09. The van der Waals surface area contributed by atoms with E-state index in [0.717, 1.165) is 12.8 Å². The predicted octanol–water partition coefficient (Wildman–Crippen LogP) is 0.0259. The van der Waals surface area contributed by atoms with Crippen LogP contribution in [0, 0.1) is 12.2 Å². The number of allylic oxidation sites excluding steroid dienone is 2. The van der Waals surface area contributed by atoms with Gasteiger partial charge < -0.3 is 24.8 Å². The number of halogens is 2. The normalized spacial score (nSPS) is 17.8. The summed E-state index contributed by atoms with van der Waals surface area (Å²) in [5, 5.41) is 0. The van der Waals surface area contributed by atoms with Gasteiger partial charge in [0.2, 0.25) is 0 Å². The molecule has 2 unspecified atom stereocenters. The van der Waals surface area contributed by atoms with E-state index in [1.807, 2.05) is 0 Å². The van der Waals surface area contributed by atoms with E-state index in [4.69, 9.17) is 0 Å². The molecule has 0 nitrogen and oxygen atoms in total. The van der Waals surface area contributed by atoms with Gasteiger partial charge in [-0.25, -0.2) is 12.2 Å². The summed E-state index contributed by atoms with van der Waals surface area (Å²) in [4.78, 5) is 0. The summed E-state index contributed by atoms with van der Waals surface area (Å²) in [6.07, 6.45) is 13.2. The van der Waals surface area contributed by atoms with Crippen LogP contribution in [0.1, 0.15) is 60.8 Å². The first-order chi connectivity index (χ1) is 10.8. The SMILES string of the molecule is CCC1[C-]=Cc2ccccc21.CCC1[C-]=Cc2ccccc21.[Cl-].[Cl-].[Zr+4]. The molecule has 0 heterocycles. The minimum Gasteiger partial charge on any atom is -1.00 e. The Labute approximate surface area is 183 Å². The zero-order valence-corrected chi connectivity index (χ0v) is 18.6. The number of benzene rings is 2. The first kappa shape index (κ1) is 24.4. The molecule has 0 radical (unpaired) electrons. The van der Waals surface area contributed by atoms with Crippen molar-refractivity contribution in [1.82, 2.24) is 0 Å². The Kier molecular flexibility index (Phi) is 11.6. The van der Waals surface area contributed by atoms with Crippen molar-refractivity contribution in [2.45, 2.75) is 38.5 Å². The molecule has 2 atom stereocenters. The van der Waals surface area contributed by atoms with Crippen LogP contribution >= 0.6 is 0 Å². The molecule has 2 aliphatic rings. The third kappa shape index (κ3) is 5.68. The molecule has 0 amide bonds. The van der Waals surface area contributed by atoms with E-state index < -0.39 is 0 Å². The molecule has 0 N–H and O–H groups in total. The summed E-state index contributed by atoms with van der Waals surface area (Å²) in [6, 6.07) is 17.0. The first-order valence-electron chi connectivity index (χ1n) is 8.19. The summed E-state index contributed by atoms with van der Waals surface area (Å²) >= 11 is 0. The quantitative estimate of drug-likeness (QED) is 0.569. The molecule has 0 aliphatic heterocycles. The fourth-order valence-corrected chi connectivity index (χ4v) is 3.16. The van der Waals surface area contributed by atoms with E-state index in [0.29, 0.717) is 11.8 Å². The molecular weight excluding hydrogens is 426 g/mol. The van der Waals surface area contributed by atoms with Gasteiger partial charge >= 0.3 is 26.2 Å². The Bertz CT molecular complexity index is 645. The van der Waals surface area contributed by atoms with Crippen molar-refractivity contribution >= 4 is 12.2 Å². The fraction of sp³-hybridized carbons (Fsp3) is 0.273. The molecule has 128 valence electrons. The van der Waals surface area contributed by atoms with Gasteiger partial charge in [-0.3, -0.25) is 12.2 Å². The largest absolute Gasteiger partial charge is 4.00 e. The Morgan fingerprint density at radius 2 is 1.04 bits per heavy atom. The van der Waals surface area contributed by atoms with Crippen LogP contribution in [0.25, 0.3) is 12.2 Å². The average Bonchev–Trinajstić information content (AvgIpc) is 3.19. The zero-order valence-electron chi connectivity index (χ0n) is 14.6. The second kappa shape index (κ2) is 11.9. The van der Waals surface area contributed by atoms with E-state index in [2.05, 4.69) is 86.7 Å². The van der Waals surface area contributed by atoms with Crippen molar-refractivity contribution in [1.29, 1.82) is 0 Å². The molecule has 0 saturated carbocycles. The molecule has 25 heavy (non-hydrogen) atoms. The van der Waals surface area contributed by atoms with Gasteiger partial charge in [-0.2, -0.15) is 11.1 Å². The number of fused-ring (bicyclic) bond motifs is 2. The second-order valence-electron chi connectivity index (χ2n) is 5.80. The maximum Gasteiger partial charge on any atom is 4.00 e. The molecule has 0 fully saturated rings. The minimum absolute atomic E-state index is 0. The van der Waals surface area contributed by atoms with Crippen LogP contribution in [0.15, 0.2) is 48.5 Å². The van der Waals surface area contributed by atoms with E-state index in [1.54, 1.807) is 0 Å². The van der Waals surface area contributed by atoms with Gasteiger partial charge in [-0.05, 0) is 0 Å². The Morgan fingerprint density at radius 3 is 1.40 bits per heavy atom. The predicted molar refractivity (Wildman–Crippen MR) is 94.4 cm³/mol. The van der Waals surface area contributed by atoms with Crippen LogP contribution in [-0.2, 0) is 26.2 Å². The van der Waals surface area contributed by atoms with Crippen molar-refractivity contribution in [3.63, 3.8) is 0 Å². The number of hydrogen-bond donors (Lipinski definition) is 0. The Hall–Kier alpha value is -0.617. The maximum absolute atomic E-state index is 3.35. The smallest absolute Gasteiger partial charge is 1.00 e. The third-order valence-electron chi connectivity index (χ3n) is 4.44. The van der Waals surface area contributed by atoms with Gasteiger partial charge in [0.25, 0.3) is 0 Å². The van der Waals surface area contributed by atoms with E-state index >= 15 is 0 Å². The van der Waals surface area contributed by atoms with Gasteiger partial charge in [0.1, 0.15) is 0 Å². The van der Waals surface area contributed by atoms with Crippen molar-refractivity contribution < 1.29 is 51.0 Å². The fourth-order valence-electron chi connectivity index (χ4n) is 3.16. The van der Waals surface area contributed by atoms with Crippen molar-refractivity contribution in [2.24, 2.45) is 0 Å². The summed E-state index contributed by atoms with van der Waals surface area (Å²) in [7, 11) is 0. The van der Waals surface area contributed by atoms with Crippen LogP contribution in [0.5, 0.6) is 0 Å². The molecule has 2 aromatic carbocycles. The van der Waals surface area contributed by atoms with Gasteiger partial charge in [-0.1, -0.05) is 74.9 Å². The molecule has 0 aromatic heterocycles. The van der Waals surface area contributed by atoms with Crippen LogP contribution in [-0.4, -0.2) is 0 Å². The van der Waals surface area contributed by atoms with Crippen LogP contribution < -0.4 is 24.8 Å². The molecule has 0 spiro atoms. The van der Waals surface area contributed by atoms with Crippen LogP contribution in [0.2, 0.25) is 0 Å². The Morgan fingerprint density at radius 1 is 0.680 bits per heavy atom. The van der Waals surface area contributed by atoms with Gasteiger partial charge in [0, 0.05) is 0 Å². The molecule has 0 bridgehead atoms. The van der Waals surface area contributed by atoms with Crippen molar-refractivity contribution in [3.05, 3.63) is 82.9 Å². The molecule has 2 aliphatic carbocycles. The second-order valence-corrected chi connectivity index (χ2v) is 5.80. The van der Waals surface area contributed by atoms with Crippen molar-refractivity contribution in [2.75, 3.05) is 0 Å². The van der Waals surface area contributed by atoms with Gasteiger partial charge in [-0.15, -0.1) is 23.3 Å². The zero-order chi connectivity index (χ0) is 15.4. The van der Waals surface area contributed by atoms with E-state index in [1.165, 1.54) is 22.3 Å². The first-order valence-corrected chi connectivity index (χ1v) is 8.19. The van der Waals surface area contributed by atoms with Gasteiger partial charge in [0.15, 0.2) is 0 Å². The molecule has 2 aromatic rings. The molecule has 0 saturated heterocycles. The van der Waals surface area contributed by atoms with E-state index in [-0.39, 0.29) is 51.0 Å². The minimum atomic E-state index is 0. The average molecular weight is 449 g/mol. The summed E-state index contributed by atoms with van der Waals surface area (Å²) in [5.41, 5.74) is 5.57. The third-order valence-corrected chi connectivity index (χ3v) is 4.44. The topological polar surface area (TPSA) is 0 Å². The molecular formula is C22H22Cl2Zr. The Balaban J connectivity index is 0.000000411. The standard InChI is InChI=1S/2C11H11.2ClH.Zr/c2*1-2-9-7-8-10-5-3-4-6-11(9)10;;;/h2*3-6,8-9H,2H2,1H3;2*1H;/q2*-1;;;+4/p-2. The maximum atomic E-state index is 3.35. The number of hydrogen-bond acceptors (Lipinski definition) is 0. The van der Waals surface area contributed by atoms with E-state index in [9.17, 15) is 0 Å². The monoisotopic (exact) mass is 446 g/mol. The van der Waals surface area contributed by atoms with Crippen LogP contribution in [0.4, 0.5) is 0 Å². The summed E-state index contributed by atoms with van der Waals surface area (Å²) < 4.78 is 0. The molecule has 3 heteroatoms. The number of rotatable bonds is 2. The van der Waals surface area contributed by atoms with Gasteiger partial charge in [0.05, 0.1) is 0 Å². The molecule has 4 rings (SSSR count).